The molecule has 0 aliphatic rings. The highest BCUT2D eigenvalue weighted by molar-refractivity contribution is 6.32. The van der Waals surface area contributed by atoms with E-state index < -0.39 is 0 Å². The highest BCUT2D eigenvalue weighted by Gasteiger charge is 2.12. The van der Waals surface area contributed by atoms with Crippen molar-refractivity contribution in [2.75, 3.05) is 19.5 Å². The third kappa shape index (κ3) is 5.21. The average Bonchev–Trinajstić information content (AvgIpc) is 2.73. The number of carbonyl (C=O) groups excluding carboxylic acids is 1. The molecule has 29 heavy (non-hydrogen) atoms. The molecular weight excluding hydrogens is 390 g/mol. The quantitative estimate of drug-likeness (QED) is 0.558. The fourth-order valence-electron chi connectivity index (χ4n) is 2.78. The number of halogens is 1. The lowest BCUT2D eigenvalue weighted by Gasteiger charge is -2.13. The summed E-state index contributed by atoms with van der Waals surface area (Å²) in [5.41, 5.74) is 3.00. The van der Waals surface area contributed by atoms with E-state index in [1.807, 2.05) is 31.2 Å². The van der Waals surface area contributed by atoms with Gasteiger partial charge in [0, 0.05) is 16.8 Å². The van der Waals surface area contributed by atoms with E-state index >= 15 is 0 Å². The van der Waals surface area contributed by atoms with Crippen LogP contribution in [-0.2, 0) is 6.61 Å². The summed E-state index contributed by atoms with van der Waals surface area (Å²) in [5, 5.41) is 3.26. The van der Waals surface area contributed by atoms with Gasteiger partial charge < -0.3 is 19.5 Å². The molecule has 6 heteroatoms. The molecule has 0 saturated heterocycles. The Morgan fingerprint density at radius 1 is 0.931 bits per heavy atom. The molecule has 0 radical (unpaired) electrons. The summed E-state index contributed by atoms with van der Waals surface area (Å²) >= 11 is 6.12. The van der Waals surface area contributed by atoms with Crippen LogP contribution < -0.4 is 19.5 Å². The number of anilines is 1. The van der Waals surface area contributed by atoms with Crippen molar-refractivity contribution in [2.24, 2.45) is 0 Å². The van der Waals surface area contributed by atoms with Crippen LogP contribution in [0.3, 0.4) is 0 Å². The van der Waals surface area contributed by atoms with E-state index in [1.54, 1.807) is 43.5 Å². The summed E-state index contributed by atoms with van der Waals surface area (Å²) in [6, 6.07) is 18.1. The summed E-state index contributed by atoms with van der Waals surface area (Å²) in [6.45, 7) is 2.30. The summed E-state index contributed by atoms with van der Waals surface area (Å²) in [5.74, 6) is 1.69. The van der Waals surface area contributed by atoms with Crippen LogP contribution in [0.25, 0.3) is 0 Å². The van der Waals surface area contributed by atoms with Gasteiger partial charge in [0.05, 0.1) is 19.2 Å². The normalized spacial score (nSPS) is 10.3. The predicted octanol–water partition coefficient (Wildman–Crippen LogP) is 5.50. The molecule has 0 bridgehead atoms. The molecule has 0 unspecified atom stereocenters. The molecule has 150 valence electrons. The van der Waals surface area contributed by atoms with Gasteiger partial charge in [-0.1, -0.05) is 29.3 Å². The number of rotatable bonds is 7. The van der Waals surface area contributed by atoms with Gasteiger partial charge in [0.15, 0.2) is 0 Å². The molecule has 0 spiro atoms. The molecule has 0 atom stereocenters. The Morgan fingerprint density at radius 2 is 1.62 bits per heavy atom. The molecule has 3 aromatic carbocycles. The van der Waals surface area contributed by atoms with Crippen molar-refractivity contribution < 1.29 is 19.0 Å². The monoisotopic (exact) mass is 411 g/mol. The van der Waals surface area contributed by atoms with E-state index in [0.717, 1.165) is 16.9 Å². The Hall–Kier alpha value is -3.18. The SMILES string of the molecule is COc1ccc(NC(=O)c2ccc(OC)c(COc3ccc(C)cc3)c2)cc1Cl. The summed E-state index contributed by atoms with van der Waals surface area (Å²) in [6.07, 6.45) is 0. The number of carbonyl (C=O) groups is 1. The zero-order valence-corrected chi connectivity index (χ0v) is 17.2. The van der Waals surface area contributed by atoms with Crippen molar-refractivity contribution >= 4 is 23.2 Å². The van der Waals surface area contributed by atoms with Crippen LogP contribution in [0.15, 0.2) is 60.7 Å². The molecule has 0 heterocycles. The van der Waals surface area contributed by atoms with E-state index in [9.17, 15) is 4.79 Å². The fraction of sp³-hybridized carbons (Fsp3) is 0.174. The van der Waals surface area contributed by atoms with Gasteiger partial charge in [-0.15, -0.1) is 0 Å². The molecule has 0 saturated carbocycles. The van der Waals surface area contributed by atoms with Gasteiger partial charge in [0.1, 0.15) is 23.9 Å². The molecule has 3 aromatic rings. The van der Waals surface area contributed by atoms with Crippen molar-refractivity contribution in [3.63, 3.8) is 0 Å². The molecule has 0 aliphatic heterocycles. The van der Waals surface area contributed by atoms with Crippen LogP contribution in [0, 0.1) is 6.92 Å². The maximum atomic E-state index is 12.7. The van der Waals surface area contributed by atoms with Gasteiger partial charge in [0.2, 0.25) is 0 Å². The first kappa shape index (κ1) is 20.6. The summed E-state index contributed by atoms with van der Waals surface area (Å²) in [7, 11) is 3.13. The van der Waals surface area contributed by atoms with Gasteiger partial charge in [0.25, 0.3) is 5.91 Å². The van der Waals surface area contributed by atoms with E-state index in [1.165, 1.54) is 7.11 Å². The van der Waals surface area contributed by atoms with Crippen LogP contribution in [-0.4, -0.2) is 20.1 Å². The second kappa shape index (κ2) is 9.34. The predicted molar refractivity (Wildman–Crippen MR) is 114 cm³/mol. The lowest BCUT2D eigenvalue weighted by molar-refractivity contribution is 0.102. The Morgan fingerprint density at radius 3 is 2.28 bits per heavy atom. The van der Waals surface area contributed by atoms with E-state index in [-0.39, 0.29) is 12.5 Å². The number of aryl methyl sites for hydroxylation is 1. The maximum absolute atomic E-state index is 12.7. The molecule has 1 amide bonds. The minimum Gasteiger partial charge on any atom is -0.496 e. The van der Waals surface area contributed by atoms with Crippen LogP contribution >= 0.6 is 11.6 Å². The van der Waals surface area contributed by atoms with Crippen LogP contribution in [0.2, 0.25) is 5.02 Å². The van der Waals surface area contributed by atoms with Gasteiger partial charge in [-0.2, -0.15) is 0 Å². The molecule has 0 aromatic heterocycles. The van der Waals surface area contributed by atoms with Crippen LogP contribution in [0.1, 0.15) is 21.5 Å². The average molecular weight is 412 g/mol. The molecular formula is C23H22ClNO4. The lowest BCUT2D eigenvalue weighted by atomic mass is 10.1. The Labute approximate surface area is 175 Å². The smallest absolute Gasteiger partial charge is 0.255 e. The zero-order valence-electron chi connectivity index (χ0n) is 16.5. The molecule has 0 aliphatic carbocycles. The number of hydrogen-bond acceptors (Lipinski definition) is 4. The van der Waals surface area contributed by atoms with E-state index in [0.29, 0.717) is 27.8 Å². The van der Waals surface area contributed by atoms with Gasteiger partial charge in [-0.25, -0.2) is 0 Å². The first-order valence-corrected chi connectivity index (χ1v) is 9.39. The lowest BCUT2D eigenvalue weighted by Crippen LogP contribution is -2.13. The molecule has 3 rings (SSSR count). The second-order valence-corrected chi connectivity index (χ2v) is 6.84. The van der Waals surface area contributed by atoms with Gasteiger partial charge >= 0.3 is 0 Å². The van der Waals surface area contributed by atoms with Crippen molar-refractivity contribution in [1.29, 1.82) is 0 Å². The Kier molecular flexibility index (Phi) is 6.62. The highest BCUT2D eigenvalue weighted by Crippen LogP contribution is 2.28. The molecule has 0 fully saturated rings. The number of nitrogens with one attached hydrogen (secondary N) is 1. The van der Waals surface area contributed by atoms with Gasteiger partial charge in [-0.05, 0) is 55.5 Å². The first-order valence-electron chi connectivity index (χ1n) is 9.01. The largest absolute Gasteiger partial charge is 0.496 e. The second-order valence-electron chi connectivity index (χ2n) is 6.43. The topological polar surface area (TPSA) is 56.8 Å². The minimum absolute atomic E-state index is 0.259. The Balaban J connectivity index is 1.75. The number of benzene rings is 3. The highest BCUT2D eigenvalue weighted by atomic mass is 35.5. The molecule has 5 nitrogen and oxygen atoms in total. The summed E-state index contributed by atoms with van der Waals surface area (Å²) < 4.78 is 16.4. The number of hydrogen-bond donors (Lipinski definition) is 1. The van der Waals surface area contributed by atoms with Crippen LogP contribution in [0.5, 0.6) is 17.2 Å². The first-order chi connectivity index (χ1) is 14.0. The van der Waals surface area contributed by atoms with E-state index in [2.05, 4.69) is 5.32 Å². The number of ether oxygens (including phenoxy) is 3. The summed E-state index contributed by atoms with van der Waals surface area (Å²) in [4.78, 5) is 12.7. The van der Waals surface area contributed by atoms with Crippen LogP contribution in [0.4, 0.5) is 5.69 Å². The van der Waals surface area contributed by atoms with Crippen molar-refractivity contribution in [3.8, 4) is 17.2 Å². The van der Waals surface area contributed by atoms with Gasteiger partial charge in [-0.3, -0.25) is 4.79 Å². The third-order valence-electron chi connectivity index (χ3n) is 4.37. The maximum Gasteiger partial charge on any atom is 0.255 e. The van der Waals surface area contributed by atoms with Crippen molar-refractivity contribution in [1.82, 2.24) is 0 Å². The fourth-order valence-corrected chi connectivity index (χ4v) is 3.03. The Bertz CT molecular complexity index is 1000. The minimum atomic E-state index is -0.259. The number of amides is 1. The third-order valence-corrected chi connectivity index (χ3v) is 4.66. The number of methoxy groups -OCH3 is 2. The van der Waals surface area contributed by atoms with E-state index in [4.69, 9.17) is 25.8 Å². The van der Waals surface area contributed by atoms with Crippen molar-refractivity contribution in [2.45, 2.75) is 13.5 Å². The molecule has 1 N–H and O–H groups in total. The van der Waals surface area contributed by atoms with Crippen molar-refractivity contribution in [3.05, 3.63) is 82.4 Å². The zero-order chi connectivity index (χ0) is 20.8. The standard InChI is InChI=1S/C23H22ClNO4/c1-15-4-8-19(9-5-15)29-14-17-12-16(6-10-21(17)27-2)23(26)25-18-7-11-22(28-3)20(24)13-18/h4-13H,14H2,1-3H3,(H,25,26).